The summed E-state index contributed by atoms with van der Waals surface area (Å²) in [6.07, 6.45) is 0.261. The van der Waals surface area contributed by atoms with Crippen molar-refractivity contribution in [3.63, 3.8) is 0 Å². The second kappa shape index (κ2) is 5.89. The van der Waals surface area contributed by atoms with E-state index in [1.807, 2.05) is 13.0 Å². The molecule has 1 unspecified atom stereocenters. The van der Waals surface area contributed by atoms with Gasteiger partial charge < -0.3 is 10.0 Å². The van der Waals surface area contributed by atoms with Gasteiger partial charge in [-0.1, -0.05) is 17.8 Å². The number of amides is 1. The molecule has 0 saturated carbocycles. The minimum atomic E-state index is -1.05. The molecule has 1 saturated heterocycles. The number of carbonyl (C=O) groups excluding carboxylic acids is 2. The van der Waals surface area contributed by atoms with E-state index in [2.05, 4.69) is 0 Å². The number of thioether (sulfide) groups is 1. The van der Waals surface area contributed by atoms with Gasteiger partial charge in [0.2, 0.25) is 5.91 Å². The Morgan fingerprint density at radius 1 is 1.33 bits per heavy atom. The molecule has 1 aromatic carbocycles. The third kappa shape index (κ3) is 3.26. The molecule has 2 rings (SSSR count). The zero-order valence-corrected chi connectivity index (χ0v) is 13.0. The third-order valence-corrected chi connectivity index (χ3v) is 4.35. The van der Waals surface area contributed by atoms with Gasteiger partial charge in [-0.25, -0.2) is 4.79 Å². The van der Waals surface area contributed by atoms with Gasteiger partial charge >= 0.3 is 5.97 Å². The quantitative estimate of drug-likeness (QED) is 0.928. The lowest BCUT2D eigenvalue weighted by molar-refractivity contribution is -0.117. The molecular formula is C15H17NO4S. The number of rotatable bonds is 3. The van der Waals surface area contributed by atoms with Crippen LogP contribution in [0.15, 0.2) is 12.1 Å². The predicted molar refractivity (Wildman–Crippen MR) is 81.9 cm³/mol. The number of carbonyl (C=O) groups is 3. The summed E-state index contributed by atoms with van der Waals surface area (Å²) in [5, 5.41) is 9.23. The van der Waals surface area contributed by atoms with E-state index < -0.39 is 5.97 Å². The summed E-state index contributed by atoms with van der Waals surface area (Å²) in [6, 6.07) is 3.43. The Balaban J connectivity index is 2.40. The van der Waals surface area contributed by atoms with E-state index in [0.717, 1.165) is 22.9 Å². The molecule has 1 heterocycles. The van der Waals surface area contributed by atoms with Gasteiger partial charge in [0.15, 0.2) is 5.12 Å². The molecule has 0 aromatic heterocycles. The van der Waals surface area contributed by atoms with Gasteiger partial charge in [-0.2, -0.15) is 0 Å². The van der Waals surface area contributed by atoms with Crippen molar-refractivity contribution in [2.75, 3.05) is 11.4 Å². The molecule has 0 radical (unpaired) electrons. The lowest BCUT2D eigenvalue weighted by Crippen LogP contribution is -2.28. The zero-order chi connectivity index (χ0) is 15.7. The number of carboxylic acid groups (broad SMARTS) is 1. The largest absolute Gasteiger partial charge is 0.478 e. The van der Waals surface area contributed by atoms with Crippen LogP contribution in [0.2, 0.25) is 0 Å². The molecule has 1 amide bonds. The number of hydrogen-bond donors (Lipinski definition) is 1. The number of aromatic carboxylic acids is 1. The Hall–Kier alpha value is -1.82. The van der Waals surface area contributed by atoms with Crippen molar-refractivity contribution in [1.82, 2.24) is 0 Å². The van der Waals surface area contributed by atoms with Crippen LogP contribution in [0.4, 0.5) is 5.69 Å². The van der Waals surface area contributed by atoms with Crippen molar-refractivity contribution in [2.45, 2.75) is 32.4 Å². The third-order valence-electron chi connectivity index (χ3n) is 3.37. The SMILES string of the molecule is CC(=O)SC1CC(=O)N(c2c(C)cc(C)cc2C(=O)O)C1. The Morgan fingerprint density at radius 3 is 2.57 bits per heavy atom. The van der Waals surface area contributed by atoms with Crippen LogP contribution in [-0.2, 0) is 9.59 Å². The standard InChI is InChI=1S/C15H17NO4S/c1-8-4-9(2)14(12(5-8)15(19)20)16-7-11(6-13(16)18)21-10(3)17/h4-5,11H,6-7H2,1-3H3,(H,19,20). The van der Waals surface area contributed by atoms with E-state index in [1.165, 1.54) is 11.8 Å². The fourth-order valence-electron chi connectivity index (χ4n) is 2.69. The minimum Gasteiger partial charge on any atom is -0.478 e. The zero-order valence-electron chi connectivity index (χ0n) is 12.2. The molecule has 6 heteroatoms. The maximum atomic E-state index is 12.2. The van der Waals surface area contributed by atoms with E-state index in [-0.39, 0.29) is 28.3 Å². The van der Waals surface area contributed by atoms with Gasteiger partial charge in [0, 0.05) is 25.1 Å². The first-order chi connectivity index (χ1) is 9.79. The van der Waals surface area contributed by atoms with Crippen LogP contribution in [0.25, 0.3) is 0 Å². The van der Waals surface area contributed by atoms with Crippen LogP contribution >= 0.6 is 11.8 Å². The molecule has 1 N–H and O–H groups in total. The molecule has 1 aliphatic rings. The predicted octanol–water partition coefficient (Wildman–Crippen LogP) is 2.39. The smallest absolute Gasteiger partial charge is 0.337 e. The first kappa shape index (κ1) is 15.6. The summed E-state index contributed by atoms with van der Waals surface area (Å²) < 4.78 is 0. The van der Waals surface area contributed by atoms with Crippen molar-refractivity contribution in [3.05, 3.63) is 28.8 Å². The van der Waals surface area contributed by atoms with Crippen LogP contribution < -0.4 is 4.90 Å². The van der Waals surface area contributed by atoms with Gasteiger partial charge in [-0.15, -0.1) is 0 Å². The lowest BCUT2D eigenvalue weighted by atomic mass is 10.0. The Bertz CT molecular complexity index is 626. The minimum absolute atomic E-state index is 0.0336. The monoisotopic (exact) mass is 307 g/mol. The highest BCUT2D eigenvalue weighted by Crippen LogP contribution is 2.33. The highest BCUT2D eigenvalue weighted by Gasteiger charge is 2.34. The highest BCUT2D eigenvalue weighted by molar-refractivity contribution is 8.14. The number of aryl methyl sites for hydroxylation is 2. The normalized spacial score (nSPS) is 18.1. The fraction of sp³-hybridized carbons (Fsp3) is 0.400. The first-order valence-corrected chi connectivity index (χ1v) is 7.49. The maximum absolute atomic E-state index is 12.2. The number of hydrogen-bond acceptors (Lipinski definition) is 4. The van der Waals surface area contributed by atoms with Gasteiger partial charge in [-0.05, 0) is 31.0 Å². The molecule has 0 bridgehead atoms. The molecule has 5 nitrogen and oxygen atoms in total. The van der Waals surface area contributed by atoms with Crippen molar-refractivity contribution in [3.8, 4) is 0 Å². The van der Waals surface area contributed by atoms with Crippen LogP contribution in [0.1, 0.15) is 34.8 Å². The van der Waals surface area contributed by atoms with Crippen LogP contribution in [0, 0.1) is 13.8 Å². The molecule has 0 spiro atoms. The summed E-state index contributed by atoms with van der Waals surface area (Å²) in [4.78, 5) is 36.3. The number of benzene rings is 1. The topological polar surface area (TPSA) is 74.7 Å². The van der Waals surface area contributed by atoms with E-state index in [1.54, 1.807) is 13.0 Å². The average molecular weight is 307 g/mol. The highest BCUT2D eigenvalue weighted by atomic mass is 32.2. The van der Waals surface area contributed by atoms with Crippen LogP contribution in [-0.4, -0.2) is 33.9 Å². The van der Waals surface area contributed by atoms with E-state index in [0.29, 0.717) is 12.2 Å². The first-order valence-electron chi connectivity index (χ1n) is 6.61. The summed E-state index contributed by atoms with van der Waals surface area (Å²) in [5.41, 5.74) is 2.18. The Kier molecular flexibility index (Phi) is 4.37. The van der Waals surface area contributed by atoms with Crippen LogP contribution in [0.3, 0.4) is 0 Å². The van der Waals surface area contributed by atoms with Crippen LogP contribution in [0.5, 0.6) is 0 Å². The molecule has 0 aliphatic carbocycles. The lowest BCUT2D eigenvalue weighted by Gasteiger charge is -2.21. The molecule has 1 fully saturated rings. The van der Waals surface area contributed by atoms with Crippen molar-refractivity contribution in [2.24, 2.45) is 0 Å². The summed E-state index contributed by atoms with van der Waals surface area (Å²) >= 11 is 1.14. The Morgan fingerprint density at radius 2 is 2.00 bits per heavy atom. The van der Waals surface area contributed by atoms with Gasteiger partial charge in [-0.3, -0.25) is 9.59 Å². The van der Waals surface area contributed by atoms with E-state index in [9.17, 15) is 19.5 Å². The van der Waals surface area contributed by atoms with E-state index >= 15 is 0 Å². The van der Waals surface area contributed by atoms with E-state index in [4.69, 9.17) is 0 Å². The second-order valence-electron chi connectivity index (χ2n) is 5.22. The fourth-order valence-corrected chi connectivity index (χ4v) is 3.60. The molecule has 112 valence electrons. The molecular weight excluding hydrogens is 290 g/mol. The van der Waals surface area contributed by atoms with Crippen molar-refractivity contribution >= 4 is 34.4 Å². The second-order valence-corrected chi connectivity index (χ2v) is 6.70. The number of nitrogens with zero attached hydrogens (tertiary/aromatic N) is 1. The molecule has 21 heavy (non-hydrogen) atoms. The number of anilines is 1. The van der Waals surface area contributed by atoms with Crippen molar-refractivity contribution < 1.29 is 19.5 Å². The molecule has 1 atom stereocenters. The number of carboxylic acids is 1. The van der Waals surface area contributed by atoms with Crippen molar-refractivity contribution in [1.29, 1.82) is 0 Å². The van der Waals surface area contributed by atoms with Gasteiger partial charge in [0.05, 0.1) is 11.3 Å². The maximum Gasteiger partial charge on any atom is 0.337 e. The average Bonchev–Trinajstić information content (AvgIpc) is 2.67. The molecule has 1 aliphatic heterocycles. The Labute approximate surface area is 127 Å². The van der Waals surface area contributed by atoms with Gasteiger partial charge in [0.1, 0.15) is 0 Å². The molecule has 1 aromatic rings. The summed E-state index contributed by atoms with van der Waals surface area (Å²) in [7, 11) is 0. The van der Waals surface area contributed by atoms with Gasteiger partial charge in [0.25, 0.3) is 0 Å². The summed E-state index contributed by atoms with van der Waals surface area (Å²) in [6.45, 7) is 5.46. The summed E-state index contributed by atoms with van der Waals surface area (Å²) in [5.74, 6) is -1.18.